The molecule has 5 nitrogen and oxygen atoms in total. The maximum atomic E-state index is 12.1. The van der Waals surface area contributed by atoms with Crippen LogP contribution in [0.2, 0.25) is 0 Å². The molecule has 0 unspecified atom stereocenters. The number of hydrogen-bond acceptors (Lipinski definition) is 4. The molecule has 2 aromatic rings. The first-order valence-electron chi connectivity index (χ1n) is 8.71. The lowest BCUT2D eigenvalue weighted by Gasteiger charge is -2.15. The third-order valence-corrected chi connectivity index (χ3v) is 4.04. The quantitative estimate of drug-likeness (QED) is 0.596. The molecule has 0 aliphatic heterocycles. The van der Waals surface area contributed by atoms with E-state index in [-0.39, 0.29) is 5.91 Å². The van der Waals surface area contributed by atoms with Crippen LogP contribution >= 0.6 is 0 Å². The first-order valence-corrected chi connectivity index (χ1v) is 8.71. The van der Waals surface area contributed by atoms with E-state index in [0.717, 1.165) is 22.4 Å². The molecule has 0 saturated heterocycles. The Balaban J connectivity index is 2.13. The first-order chi connectivity index (χ1) is 12.5. The predicted octanol–water partition coefficient (Wildman–Crippen LogP) is 4.29. The van der Waals surface area contributed by atoms with Crippen molar-refractivity contribution in [2.75, 3.05) is 13.7 Å². The molecule has 1 amide bonds. The summed E-state index contributed by atoms with van der Waals surface area (Å²) in [5, 5.41) is 4.10. The van der Waals surface area contributed by atoms with Crippen LogP contribution in [0.25, 0.3) is 0 Å². The van der Waals surface area contributed by atoms with Crippen LogP contribution < -0.4 is 14.9 Å². The second-order valence-corrected chi connectivity index (χ2v) is 6.26. The minimum absolute atomic E-state index is 0.267. The number of carbonyl (C=O) groups excluding carboxylic acids is 1. The van der Waals surface area contributed by atoms with Crippen molar-refractivity contribution in [2.45, 2.75) is 33.6 Å². The Morgan fingerprint density at radius 1 is 1.23 bits per heavy atom. The Labute approximate surface area is 155 Å². The summed E-state index contributed by atoms with van der Waals surface area (Å²) in [6, 6.07) is 11.0. The smallest absolute Gasteiger partial charge is 0.271 e. The van der Waals surface area contributed by atoms with Crippen molar-refractivity contribution in [1.82, 2.24) is 5.43 Å². The van der Waals surface area contributed by atoms with Gasteiger partial charge in [0.1, 0.15) is 11.5 Å². The zero-order valence-corrected chi connectivity index (χ0v) is 16.0. The Morgan fingerprint density at radius 2 is 1.92 bits per heavy atom. The number of hydrogen-bond donors (Lipinski definition) is 1. The monoisotopic (exact) mass is 354 g/mol. The maximum Gasteiger partial charge on any atom is 0.271 e. The van der Waals surface area contributed by atoms with Crippen molar-refractivity contribution in [1.29, 1.82) is 0 Å². The molecular weight excluding hydrogens is 328 g/mol. The highest BCUT2D eigenvalue weighted by Gasteiger charge is 2.11. The van der Waals surface area contributed by atoms with Crippen LogP contribution in [0.4, 0.5) is 0 Å². The highest BCUT2D eigenvalue weighted by molar-refractivity contribution is 5.95. The van der Waals surface area contributed by atoms with Gasteiger partial charge in [-0.15, -0.1) is 0 Å². The fourth-order valence-corrected chi connectivity index (χ4v) is 2.55. The fourth-order valence-electron chi connectivity index (χ4n) is 2.55. The molecule has 5 heteroatoms. The van der Waals surface area contributed by atoms with E-state index in [1.807, 2.05) is 19.9 Å². The summed E-state index contributed by atoms with van der Waals surface area (Å²) in [5.74, 6) is 1.67. The highest BCUT2D eigenvalue weighted by Crippen LogP contribution is 2.29. The number of ether oxygens (including phenoxy) is 2. The molecule has 0 aliphatic rings. The average molecular weight is 354 g/mol. The molecule has 0 fully saturated rings. The van der Waals surface area contributed by atoms with Crippen molar-refractivity contribution < 1.29 is 14.3 Å². The summed E-state index contributed by atoms with van der Waals surface area (Å²) in [4.78, 5) is 12.1. The molecule has 138 valence electrons. The number of methoxy groups -OCH3 is 1. The van der Waals surface area contributed by atoms with Gasteiger partial charge in [-0.1, -0.05) is 13.8 Å². The van der Waals surface area contributed by atoms with Crippen LogP contribution in [0.1, 0.15) is 53.7 Å². The molecule has 0 bridgehead atoms. The van der Waals surface area contributed by atoms with Gasteiger partial charge in [0.05, 0.1) is 19.9 Å². The second-order valence-electron chi connectivity index (χ2n) is 6.26. The van der Waals surface area contributed by atoms with E-state index in [2.05, 4.69) is 30.4 Å². The van der Waals surface area contributed by atoms with Crippen LogP contribution in [-0.2, 0) is 0 Å². The fraction of sp³-hybridized carbons (Fsp3) is 0.333. The molecule has 0 saturated carbocycles. The number of rotatable bonds is 7. The average Bonchev–Trinajstić information content (AvgIpc) is 2.63. The van der Waals surface area contributed by atoms with Crippen LogP contribution in [0.3, 0.4) is 0 Å². The molecule has 0 aromatic heterocycles. The molecule has 2 rings (SSSR count). The summed E-state index contributed by atoms with van der Waals surface area (Å²) in [5.41, 5.74) is 6.20. The molecule has 0 radical (unpaired) electrons. The molecule has 2 aromatic carbocycles. The van der Waals surface area contributed by atoms with Gasteiger partial charge in [-0.05, 0) is 72.9 Å². The van der Waals surface area contributed by atoms with Crippen molar-refractivity contribution in [2.24, 2.45) is 5.10 Å². The molecule has 0 aliphatic carbocycles. The third kappa shape index (κ3) is 4.85. The van der Waals surface area contributed by atoms with Gasteiger partial charge in [0, 0.05) is 5.56 Å². The maximum absolute atomic E-state index is 12.1. The molecule has 26 heavy (non-hydrogen) atoms. The van der Waals surface area contributed by atoms with E-state index in [4.69, 9.17) is 9.47 Å². The summed E-state index contributed by atoms with van der Waals surface area (Å²) >= 11 is 0. The first kappa shape index (κ1) is 19.5. The van der Waals surface area contributed by atoms with Gasteiger partial charge in [-0.2, -0.15) is 5.10 Å². The molecule has 1 N–H and O–H groups in total. The summed E-state index contributed by atoms with van der Waals surface area (Å²) in [6.07, 6.45) is 1.67. The van der Waals surface area contributed by atoms with Crippen LogP contribution in [-0.4, -0.2) is 25.8 Å². The largest absolute Gasteiger partial charge is 0.497 e. The SMILES string of the molecule is CCOc1cc(C)c(/C=N\NC(=O)c2ccc(OC)cc2)cc1C(C)C. The lowest BCUT2D eigenvalue weighted by Crippen LogP contribution is -2.17. The summed E-state index contributed by atoms with van der Waals surface area (Å²) < 4.78 is 10.8. The summed E-state index contributed by atoms with van der Waals surface area (Å²) in [7, 11) is 1.59. The number of nitrogens with one attached hydrogen (secondary N) is 1. The summed E-state index contributed by atoms with van der Waals surface area (Å²) in [6.45, 7) is 8.85. The zero-order chi connectivity index (χ0) is 19.1. The topological polar surface area (TPSA) is 59.9 Å². The van der Waals surface area contributed by atoms with Gasteiger partial charge >= 0.3 is 0 Å². The standard InChI is InChI=1S/C21H26N2O3/c1-6-26-20-11-15(4)17(12-19(20)14(2)3)13-22-23-21(24)16-7-9-18(25-5)10-8-16/h7-14H,6H2,1-5H3,(H,23,24)/b22-13-. The number of amides is 1. The van der Waals surface area contributed by atoms with Crippen molar-refractivity contribution >= 4 is 12.1 Å². The minimum Gasteiger partial charge on any atom is -0.497 e. The van der Waals surface area contributed by atoms with E-state index in [1.165, 1.54) is 0 Å². The van der Waals surface area contributed by atoms with Gasteiger partial charge in [0.2, 0.25) is 0 Å². The van der Waals surface area contributed by atoms with Crippen molar-refractivity contribution in [3.05, 3.63) is 58.7 Å². The number of nitrogens with zero attached hydrogens (tertiary/aromatic N) is 1. The highest BCUT2D eigenvalue weighted by atomic mass is 16.5. The molecular formula is C21H26N2O3. The number of aryl methyl sites for hydroxylation is 1. The Bertz CT molecular complexity index is 781. The van der Waals surface area contributed by atoms with Crippen LogP contribution in [0, 0.1) is 6.92 Å². The van der Waals surface area contributed by atoms with E-state index in [1.54, 1.807) is 37.6 Å². The van der Waals surface area contributed by atoms with Gasteiger partial charge < -0.3 is 9.47 Å². The lowest BCUT2D eigenvalue weighted by atomic mass is 9.97. The number of carbonyl (C=O) groups is 1. The van der Waals surface area contributed by atoms with Gasteiger partial charge in [-0.25, -0.2) is 5.43 Å². The van der Waals surface area contributed by atoms with Crippen LogP contribution in [0.5, 0.6) is 11.5 Å². The normalized spacial score (nSPS) is 11.0. The molecule has 0 spiro atoms. The van der Waals surface area contributed by atoms with E-state index >= 15 is 0 Å². The lowest BCUT2D eigenvalue weighted by molar-refractivity contribution is 0.0955. The van der Waals surface area contributed by atoms with Crippen molar-refractivity contribution in [3.8, 4) is 11.5 Å². The van der Waals surface area contributed by atoms with Crippen molar-refractivity contribution in [3.63, 3.8) is 0 Å². The Kier molecular flexibility index (Phi) is 6.78. The molecule has 0 atom stereocenters. The number of hydrazone groups is 1. The Morgan fingerprint density at radius 3 is 2.50 bits per heavy atom. The molecule has 0 heterocycles. The van der Waals surface area contributed by atoms with Gasteiger partial charge in [0.15, 0.2) is 0 Å². The zero-order valence-electron chi connectivity index (χ0n) is 16.0. The van der Waals surface area contributed by atoms with E-state index < -0.39 is 0 Å². The number of benzene rings is 2. The van der Waals surface area contributed by atoms with Crippen LogP contribution in [0.15, 0.2) is 41.5 Å². The van der Waals surface area contributed by atoms with Gasteiger partial charge in [-0.3, -0.25) is 4.79 Å². The van der Waals surface area contributed by atoms with Gasteiger partial charge in [0.25, 0.3) is 5.91 Å². The van der Waals surface area contributed by atoms with E-state index in [0.29, 0.717) is 23.8 Å². The second kappa shape index (κ2) is 9.04. The minimum atomic E-state index is -0.267. The third-order valence-electron chi connectivity index (χ3n) is 4.04. The predicted molar refractivity (Wildman–Crippen MR) is 104 cm³/mol. The Hall–Kier alpha value is -2.82. The van der Waals surface area contributed by atoms with E-state index in [9.17, 15) is 4.79 Å².